The Kier molecular flexibility index (Phi) is 8.11. The van der Waals surface area contributed by atoms with Crippen LogP contribution in [0.15, 0.2) is 77.7 Å². The van der Waals surface area contributed by atoms with Crippen molar-refractivity contribution in [3.63, 3.8) is 0 Å². The van der Waals surface area contributed by atoms with Crippen LogP contribution in [-0.2, 0) is 21.2 Å². The van der Waals surface area contributed by atoms with Crippen molar-refractivity contribution >= 4 is 21.6 Å². The molecule has 3 aromatic carbocycles. The third-order valence-corrected chi connectivity index (χ3v) is 7.09. The second kappa shape index (κ2) is 11.0. The Balaban J connectivity index is 1.76. The van der Waals surface area contributed by atoms with E-state index in [4.69, 9.17) is 4.74 Å². The van der Waals surface area contributed by atoms with Crippen molar-refractivity contribution in [2.45, 2.75) is 32.1 Å². The Labute approximate surface area is 196 Å². The van der Waals surface area contributed by atoms with Gasteiger partial charge in [-0.15, -0.1) is 0 Å². The number of anilines is 1. The van der Waals surface area contributed by atoms with E-state index in [2.05, 4.69) is 5.32 Å². The lowest BCUT2D eigenvalue weighted by atomic mass is 10.1. The van der Waals surface area contributed by atoms with Crippen molar-refractivity contribution in [1.29, 1.82) is 0 Å². The highest BCUT2D eigenvalue weighted by Gasteiger charge is 2.28. The monoisotopic (exact) mass is 466 g/mol. The van der Waals surface area contributed by atoms with Gasteiger partial charge in [0.15, 0.2) is 0 Å². The molecule has 6 nitrogen and oxygen atoms in total. The summed E-state index contributed by atoms with van der Waals surface area (Å²) in [7, 11) is -3.94. The molecule has 174 valence electrons. The largest absolute Gasteiger partial charge is 0.491 e. The number of aryl methyl sites for hydroxylation is 3. The smallest absolute Gasteiger partial charge is 0.264 e. The Hall–Kier alpha value is -3.32. The van der Waals surface area contributed by atoms with E-state index < -0.39 is 15.9 Å². The molecule has 0 fully saturated rings. The highest BCUT2D eigenvalue weighted by molar-refractivity contribution is 7.92. The van der Waals surface area contributed by atoms with Gasteiger partial charge in [0.2, 0.25) is 5.91 Å². The van der Waals surface area contributed by atoms with Gasteiger partial charge in [-0.05, 0) is 55.7 Å². The topological polar surface area (TPSA) is 75.7 Å². The van der Waals surface area contributed by atoms with E-state index in [1.54, 1.807) is 36.4 Å². The molecule has 3 aromatic rings. The lowest BCUT2D eigenvalue weighted by Crippen LogP contribution is -2.42. The number of sulfonamides is 1. The van der Waals surface area contributed by atoms with Crippen molar-refractivity contribution in [3.05, 3.63) is 89.5 Å². The average molecular weight is 467 g/mol. The minimum atomic E-state index is -3.94. The molecule has 3 rings (SSSR count). The van der Waals surface area contributed by atoms with Crippen LogP contribution in [0.5, 0.6) is 5.75 Å². The summed E-state index contributed by atoms with van der Waals surface area (Å²) >= 11 is 0. The first-order valence-corrected chi connectivity index (χ1v) is 12.4. The quantitative estimate of drug-likeness (QED) is 0.453. The van der Waals surface area contributed by atoms with Crippen molar-refractivity contribution < 1.29 is 17.9 Å². The Bertz CT molecular complexity index is 1190. The summed E-state index contributed by atoms with van der Waals surface area (Å²) in [5.74, 6) is 0.358. The van der Waals surface area contributed by atoms with Crippen LogP contribution in [0.1, 0.15) is 23.6 Å². The number of ether oxygens (including phenoxy) is 1. The molecule has 0 spiro atoms. The molecule has 0 atom stereocenters. The maximum atomic E-state index is 13.5. The van der Waals surface area contributed by atoms with E-state index in [-0.39, 0.29) is 24.6 Å². The summed E-state index contributed by atoms with van der Waals surface area (Å²) in [4.78, 5) is 12.9. The summed E-state index contributed by atoms with van der Waals surface area (Å²) < 4.78 is 33.9. The zero-order valence-electron chi connectivity index (χ0n) is 19.2. The summed E-state index contributed by atoms with van der Waals surface area (Å²) in [5, 5.41) is 2.77. The predicted octanol–water partition coefficient (Wildman–Crippen LogP) is 4.26. The van der Waals surface area contributed by atoms with Crippen LogP contribution in [0, 0.1) is 13.8 Å². The molecule has 7 heteroatoms. The molecule has 0 bridgehead atoms. The number of hydrogen-bond donors (Lipinski definition) is 1. The Morgan fingerprint density at radius 3 is 2.30 bits per heavy atom. The van der Waals surface area contributed by atoms with Crippen molar-refractivity contribution in [1.82, 2.24) is 5.32 Å². The first kappa shape index (κ1) is 24.3. The molecule has 0 aliphatic carbocycles. The molecule has 0 aliphatic heterocycles. The Morgan fingerprint density at radius 1 is 0.939 bits per heavy atom. The second-order valence-electron chi connectivity index (χ2n) is 7.77. The highest BCUT2D eigenvalue weighted by atomic mass is 32.2. The SMILES string of the molecule is CCc1ccccc1N(CC(=O)NCCOc1ccccc1C)S(=O)(=O)c1ccc(C)cc1. The molecular weight excluding hydrogens is 436 g/mol. The molecule has 0 saturated carbocycles. The van der Waals surface area contributed by atoms with Gasteiger partial charge in [-0.25, -0.2) is 8.42 Å². The number of carbonyl (C=O) groups is 1. The van der Waals surface area contributed by atoms with E-state index in [1.165, 1.54) is 4.31 Å². The van der Waals surface area contributed by atoms with E-state index in [9.17, 15) is 13.2 Å². The van der Waals surface area contributed by atoms with Crippen LogP contribution in [0.2, 0.25) is 0 Å². The third kappa shape index (κ3) is 6.14. The number of benzene rings is 3. The van der Waals surface area contributed by atoms with Crippen molar-refractivity contribution in [2.75, 3.05) is 24.0 Å². The molecule has 1 amide bonds. The van der Waals surface area contributed by atoms with Crippen LogP contribution in [0.25, 0.3) is 0 Å². The van der Waals surface area contributed by atoms with Crippen molar-refractivity contribution in [2.24, 2.45) is 0 Å². The van der Waals surface area contributed by atoms with Gasteiger partial charge in [-0.1, -0.05) is 61.0 Å². The van der Waals surface area contributed by atoms with Gasteiger partial charge >= 0.3 is 0 Å². The zero-order valence-corrected chi connectivity index (χ0v) is 20.1. The first-order valence-electron chi connectivity index (χ1n) is 11.0. The van der Waals surface area contributed by atoms with Crippen LogP contribution < -0.4 is 14.4 Å². The molecule has 0 saturated heterocycles. The normalized spacial score (nSPS) is 11.1. The summed E-state index contributed by atoms with van der Waals surface area (Å²) in [6.07, 6.45) is 0.641. The fourth-order valence-electron chi connectivity index (χ4n) is 3.45. The standard InChI is InChI=1S/C26H30N2O4S/c1-4-22-10-6-7-11-24(22)28(33(30,31)23-15-13-20(2)14-16-23)19-26(29)27-17-18-32-25-12-8-5-9-21(25)3/h5-16H,4,17-19H2,1-3H3,(H,27,29). The van der Waals surface area contributed by atoms with Crippen LogP contribution in [-0.4, -0.2) is 34.0 Å². The van der Waals surface area contributed by atoms with Crippen LogP contribution in [0.4, 0.5) is 5.69 Å². The summed E-state index contributed by atoms with van der Waals surface area (Å²) in [6.45, 7) is 6.03. The van der Waals surface area contributed by atoms with Gasteiger partial charge in [-0.2, -0.15) is 0 Å². The zero-order chi connectivity index (χ0) is 23.8. The molecule has 0 aromatic heterocycles. The number of amides is 1. The minimum absolute atomic E-state index is 0.148. The van der Waals surface area contributed by atoms with E-state index in [0.29, 0.717) is 12.1 Å². The molecule has 1 N–H and O–H groups in total. The fourth-order valence-corrected chi connectivity index (χ4v) is 4.91. The predicted molar refractivity (Wildman–Crippen MR) is 131 cm³/mol. The number of nitrogens with zero attached hydrogens (tertiary/aromatic N) is 1. The summed E-state index contributed by atoms with van der Waals surface area (Å²) in [5.41, 5.74) is 3.33. The van der Waals surface area contributed by atoms with Gasteiger partial charge in [0.05, 0.1) is 17.1 Å². The molecule has 33 heavy (non-hydrogen) atoms. The molecule has 0 aliphatic rings. The number of rotatable bonds is 10. The Morgan fingerprint density at radius 2 is 1.61 bits per heavy atom. The van der Waals surface area contributed by atoms with Gasteiger partial charge in [0.1, 0.15) is 18.9 Å². The van der Waals surface area contributed by atoms with Gasteiger partial charge < -0.3 is 10.1 Å². The third-order valence-electron chi connectivity index (χ3n) is 5.31. The number of carbonyl (C=O) groups excluding carboxylic acids is 1. The maximum Gasteiger partial charge on any atom is 0.264 e. The fraction of sp³-hybridized carbons (Fsp3) is 0.269. The minimum Gasteiger partial charge on any atom is -0.491 e. The number of para-hydroxylation sites is 2. The van der Waals surface area contributed by atoms with E-state index >= 15 is 0 Å². The average Bonchev–Trinajstić information content (AvgIpc) is 2.81. The van der Waals surface area contributed by atoms with E-state index in [1.807, 2.05) is 57.2 Å². The molecular formula is C26H30N2O4S. The summed E-state index contributed by atoms with van der Waals surface area (Å²) in [6, 6.07) is 21.5. The molecule has 0 unspecified atom stereocenters. The molecule has 0 heterocycles. The lowest BCUT2D eigenvalue weighted by molar-refractivity contribution is -0.119. The van der Waals surface area contributed by atoms with E-state index in [0.717, 1.165) is 22.4 Å². The van der Waals surface area contributed by atoms with Gasteiger partial charge in [-0.3, -0.25) is 9.10 Å². The number of hydrogen-bond acceptors (Lipinski definition) is 4. The first-order chi connectivity index (χ1) is 15.8. The van der Waals surface area contributed by atoms with Gasteiger partial charge in [0, 0.05) is 0 Å². The van der Waals surface area contributed by atoms with Crippen LogP contribution >= 0.6 is 0 Å². The van der Waals surface area contributed by atoms with Gasteiger partial charge in [0.25, 0.3) is 10.0 Å². The molecule has 0 radical (unpaired) electrons. The maximum absolute atomic E-state index is 13.5. The van der Waals surface area contributed by atoms with Crippen molar-refractivity contribution in [3.8, 4) is 5.75 Å². The second-order valence-corrected chi connectivity index (χ2v) is 9.63. The lowest BCUT2D eigenvalue weighted by Gasteiger charge is -2.26. The van der Waals surface area contributed by atoms with Crippen LogP contribution in [0.3, 0.4) is 0 Å². The number of nitrogens with one attached hydrogen (secondary N) is 1. The highest BCUT2D eigenvalue weighted by Crippen LogP contribution is 2.27.